The number of hydrogen-bond acceptors (Lipinski definition) is 3. The highest BCUT2D eigenvalue weighted by atomic mass is 16.1. The van der Waals surface area contributed by atoms with Gasteiger partial charge in [0, 0.05) is 36.9 Å². The van der Waals surface area contributed by atoms with Crippen molar-refractivity contribution in [1.29, 1.82) is 0 Å². The molecule has 4 heteroatoms. The number of nitrogens with zero attached hydrogens (tertiary/aromatic N) is 1. The van der Waals surface area contributed by atoms with E-state index < -0.39 is 0 Å². The lowest BCUT2D eigenvalue weighted by Crippen LogP contribution is -2.39. The van der Waals surface area contributed by atoms with Gasteiger partial charge in [-0.25, -0.2) is 0 Å². The summed E-state index contributed by atoms with van der Waals surface area (Å²) in [6, 6.07) is 6.69. The van der Waals surface area contributed by atoms with Crippen LogP contribution in [0.1, 0.15) is 31.7 Å². The lowest BCUT2D eigenvalue weighted by Gasteiger charge is -2.32. The number of amides is 1. The quantitative estimate of drug-likeness (QED) is 0.895. The molecule has 2 heterocycles. The van der Waals surface area contributed by atoms with E-state index in [2.05, 4.69) is 28.5 Å². The van der Waals surface area contributed by atoms with E-state index in [1.165, 1.54) is 32.5 Å². The maximum absolute atomic E-state index is 11.6. The Balaban J connectivity index is 1.73. The Bertz CT molecular complexity index is 529. The average Bonchev–Trinajstić information content (AvgIpc) is 2.88. The van der Waals surface area contributed by atoms with E-state index in [1.807, 2.05) is 19.1 Å². The minimum atomic E-state index is 0.0688. The molecule has 2 saturated heterocycles. The van der Waals surface area contributed by atoms with Gasteiger partial charge in [0.15, 0.2) is 0 Å². The highest BCUT2D eigenvalue weighted by Crippen LogP contribution is 2.31. The fourth-order valence-electron chi connectivity index (χ4n) is 3.51. The second-order valence-electron chi connectivity index (χ2n) is 6.27. The number of anilines is 2. The molecule has 0 aliphatic carbocycles. The molecule has 114 valence electrons. The van der Waals surface area contributed by atoms with Gasteiger partial charge < -0.3 is 15.5 Å². The molecule has 3 atom stereocenters. The van der Waals surface area contributed by atoms with E-state index in [4.69, 9.17) is 0 Å². The summed E-state index contributed by atoms with van der Waals surface area (Å²) in [6.45, 7) is 7.66. The summed E-state index contributed by atoms with van der Waals surface area (Å²) < 4.78 is 0. The first-order valence-electron chi connectivity index (χ1n) is 8.05. The van der Waals surface area contributed by atoms with E-state index in [1.54, 1.807) is 0 Å². The van der Waals surface area contributed by atoms with Crippen molar-refractivity contribution in [3.05, 3.63) is 23.8 Å². The Morgan fingerprint density at radius 3 is 2.86 bits per heavy atom. The maximum atomic E-state index is 11.6. The first-order chi connectivity index (χ1) is 10.2. The van der Waals surface area contributed by atoms with E-state index in [-0.39, 0.29) is 5.91 Å². The second kappa shape index (κ2) is 6.06. The SMILES string of the molecule is CCC(=O)Nc1cccc(NC2CCN3CCC2C3)c1C. The van der Waals surface area contributed by atoms with Crippen LogP contribution < -0.4 is 10.6 Å². The van der Waals surface area contributed by atoms with Crippen LogP contribution in [0.15, 0.2) is 18.2 Å². The third-order valence-corrected chi connectivity index (χ3v) is 4.90. The normalized spacial score (nSPS) is 27.4. The van der Waals surface area contributed by atoms with Gasteiger partial charge >= 0.3 is 0 Å². The van der Waals surface area contributed by atoms with E-state index in [9.17, 15) is 4.79 Å². The summed E-state index contributed by atoms with van der Waals surface area (Å²) in [5.74, 6) is 0.839. The number of fused-ring (bicyclic) bond motifs is 2. The minimum Gasteiger partial charge on any atom is -0.382 e. The smallest absolute Gasteiger partial charge is 0.224 e. The largest absolute Gasteiger partial charge is 0.382 e. The number of hydrogen-bond donors (Lipinski definition) is 2. The number of benzene rings is 1. The molecule has 3 rings (SSSR count). The molecule has 2 aliphatic heterocycles. The Morgan fingerprint density at radius 1 is 1.29 bits per heavy atom. The van der Waals surface area contributed by atoms with Crippen molar-refractivity contribution in [2.45, 2.75) is 39.2 Å². The standard InChI is InChI=1S/C17H25N3O/c1-3-17(21)19-15-6-4-5-14(12(15)2)18-16-8-10-20-9-7-13(16)11-20/h4-6,13,16,18H,3,7-11H2,1-2H3,(H,19,21). The van der Waals surface area contributed by atoms with Crippen molar-refractivity contribution in [3.63, 3.8) is 0 Å². The van der Waals surface area contributed by atoms with Crippen LogP contribution in [0.25, 0.3) is 0 Å². The zero-order valence-corrected chi connectivity index (χ0v) is 13.0. The number of rotatable bonds is 4. The zero-order valence-electron chi connectivity index (χ0n) is 13.0. The van der Waals surface area contributed by atoms with Crippen molar-refractivity contribution in [3.8, 4) is 0 Å². The van der Waals surface area contributed by atoms with Gasteiger partial charge in [0.25, 0.3) is 0 Å². The Hall–Kier alpha value is -1.55. The molecular weight excluding hydrogens is 262 g/mol. The first kappa shape index (κ1) is 14.4. The number of carbonyl (C=O) groups is 1. The lowest BCUT2D eigenvalue weighted by molar-refractivity contribution is -0.115. The van der Waals surface area contributed by atoms with Crippen LogP contribution in [0, 0.1) is 12.8 Å². The molecule has 3 unspecified atom stereocenters. The van der Waals surface area contributed by atoms with Gasteiger partial charge in [0.1, 0.15) is 0 Å². The lowest BCUT2D eigenvalue weighted by atomic mass is 9.93. The topological polar surface area (TPSA) is 44.4 Å². The fourth-order valence-corrected chi connectivity index (χ4v) is 3.51. The van der Waals surface area contributed by atoms with E-state index in [0.29, 0.717) is 12.5 Å². The number of nitrogens with one attached hydrogen (secondary N) is 2. The zero-order chi connectivity index (χ0) is 14.8. The molecule has 2 bridgehead atoms. The molecule has 2 N–H and O–H groups in total. The number of carbonyl (C=O) groups excluding carboxylic acids is 1. The summed E-state index contributed by atoms with van der Waals surface area (Å²) >= 11 is 0. The summed E-state index contributed by atoms with van der Waals surface area (Å²) in [6.07, 6.45) is 3.04. The molecule has 1 aromatic rings. The summed E-state index contributed by atoms with van der Waals surface area (Å²) in [5.41, 5.74) is 3.23. The van der Waals surface area contributed by atoms with Crippen LogP contribution in [0.3, 0.4) is 0 Å². The van der Waals surface area contributed by atoms with Gasteiger partial charge in [-0.15, -0.1) is 0 Å². The third-order valence-electron chi connectivity index (χ3n) is 4.90. The summed E-state index contributed by atoms with van der Waals surface area (Å²) in [5, 5.41) is 6.71. The average molecular weight is 287 g/mol. The second-order valence-corrected chi connectivity index (χ2v) is 6.27. The molecule has 2 aliphatic rings. The summed E-state index contributed by atoms with van der Waals surface area (Å²) in [4.78, 5) is 14.2. The van der Waals surface area contributed by atoms with Crippen molar-refractivity contribution in [2.24, 2.45) is 5.92 Å². The summed E-state index contributed by atoms with van der Waals surface area (Å²) in [7, 11) is 0. The Labute approximate surface area is 126 Å². The van der Waals surface area contributed by atoms with Crippen LogP contribution in [0.4, 0.5) is 11.4 Å². The predicted molar refractivity (Wildman–Crippen MR) is 86.7 cm³/mol. The van der Waals surface area contributed by atoms with Crippen LogP contribution in [-0.2, 0) is 4.79 Å². The third kappa shape index (κ3) is 3.05. The molecule has 0 aromatic heterocycles. The molecule has 2 fully saturated rings. The van der Waals surface area contributed by atoms with Crippen molar-refractivity contribution < 1.29 is 4.79 Å². The van der Waals surface area contributed by atoms with Gasteiger partial charge in [-0.3, -0.25) is 4.79 Å². The van der Waals surface area contributed by atoms with Gasteiger partial charge in [-0.2, -0.15) is 0 Å². The monoisotopic (exact) mass is 287 g/mol. The molecule has 4 nitrogen and oxygen atoms in total. The van der Waals surface area contributed by atoms with Crippen molar-refractivity contribution in [2.75, 3.05) is 30.3 Å². The predicted octanol–water partition coefficient (Wildman–Crippen LogP) is 2.85. The van der Waals surface area contributed by atoms with Gasteiger partial charge in [0.2, 0.25) is 5.91 Å². The van der Waals surface area contributed by atoms with Crippen molar-refractivity contribution in [1.82, 2.24) is 4.90 Å². The van der Waals surface area contributed by atoms with E-state index >= 15 is 0 Å². The number of piperidine rings is 1. The van der Waals surface area contributed by atoms with Crippen LogP contribution >= 0.6 is 0 Å². The molecule has 1 aromatic carbocycles. The Kier molecular flexibility index (Phi) is 4.15. The van der Waals surface area contributed by atoms with E-state index in [0.717, 1.165) is 22.9 Å². The van der Waals surface area contributed by atoms with Gasteiger partial charge in [0.05, 0.1) is 0 Å². The van der Waals surface area contributed by atoms with Crippen LogP contribution in [0.2, 0.25) is 0 Å². The Morgan fingerprint density at radius 2 is 2.05 bits per heavy atom. The molecule has 0 radical (unpaired) electrons. The van der Waals surface area contributed by atoms with Crippen molar-refractivity contribution >= 4 is 17.3 Å². The van der Waals surface area contributed by atoms with Gasteiger partial charge in [-0.05, 0) is 49.9 Å². The minimum absolute atomic E-state index is 0.0688. The first-order valence-corrected chi connectivity index (χ1v) is 8.05. The van der Waals surface area contributed by atoms with Crippen LogP contribution in [0.5, 0.6) is 0 Å². The molecule has 0 spiro atoms. The van der Waals surface area contributed by atoms with Crippen LogP contribution in [-0.4, -0.2) is 36.5 Å². The maximum Gasteiger partial charge on any atom is 0.224 e. The fraction of sp³-hybridized carbons (Fsp3) is 0.588. The molecular formula is C17H25N3O. The highest BCUT2D eigenvalue weighted by molar-refractivity contribution is 5.92. The molecule has 21 heavy (non-hydrogen) atoms. The van der Waals surface area contributed by atoms with Gasteiger partial charge in [-0.1, -0.05) is 13.0 Å². The highest BCUT2D eigenvalue weighted by Gasteiger charge is 2.34. The molecule has 1 amide bonds. The molecule has 0 saturated carbocycles.